The zero-order chi connectivity index (χ0) is 13.3. The van der Waals surface area contributed by atoms with Gasteiger partial charge in [0.05, 0.1) is 6.04 Å². The molecule has 1 aromatic heterocycles. The quantitative estimate of drug-likeness (QED) is 0.756. The van der Waals surface area contributed by atoms with Crippen molar-refractivity contribution >= 4 is 6.29 Å². The lowest BCUT2D eigenvalue weighted by Crippen LogP contribution is -2.10. The molecular weight excluding hydrogens is 229 g/mol. The van der Waals surface area contributed by atoms with Crippen LogP contribution in [0.1, 0.15) is 40.3 Å². The molecule has 18 heavy (non-hydrogen) atoms. The Balaban J connectivity index is 2.45. The average Bonchev–Trinajstić information content (AvgIpc) is 2.64. The molecule has 0 bridgehead atoms. The topological polar surface area (TPSA) is 22.0 Å². The highest BCUT2D eigenvalue weighted by Crippen LogP contribution is 2.24. The number of nitrogens with zero attached hydrogens (tertiary/aromatic N) is 1. The highest BCUT2D eigenvalue weighted by molar-refractivity contribution is 5.77. The second-order valence-corrected chi connectivity index (χ2v) is 4.54. The first-order valence-electron chi connectivity index (χ1n) is 5.93. The molecule has 0 aliphatic rings. The molecule has 0 aliphatic carbocycles. The smallest absolute Gasteiger partial charge is 0.151 e. The van der Waals surface area contributed by atoms with E-state index >= 15 is 0 Å². The van der Waals surface area contributed by atoms with Gasteiger partial charge in [-0.3, -0.25) is 4.79 Å². The van der Waals surface area contributed by atoms with Crippen molar-refractivity contribution in [3.8, 4) is 0 Å². The first-order chi connectivity index (χ1) is 8.54. The van der Waals surface area contributed by atoms with E-state index < -0.39 is 0 Å². The molecule has 94 valence electrons. The molecule has 1 heterocycles. The van der Waals surface area contributed by atoms with Gasteiger partial charge in [0, 0.05) is 17.0 Å². The number of carbonyl (C=O) groups excluding carboxylic acids is 1. The van der Waals surface area contributed by atoms with Gasteiger partial charge in [0.2, 0.25) is 0 Å². The Hall–Kier alpha value is -1.90. The largest absolute Gasteiger partial charge is 0.341 e. The summed E-state index contributed by atoms with van der Waals surface area (Å²) in [5.41, 5.74) is 3.71. The van der Waals surface area contributed by atoms with Crippen LogP contribution in [0.2, 0.25) is 0 Å². The van der Waals surface area contributed by atoms with Gasteiger partial charge in [0.15, 0.2) is 6.29 Å². The predicted molar refractivity (Wildman–Crippen MR) is 69.5 cm³/mol. The Morgan fingerprint density at radius 3 is 2.33 bits per heavy atom. The number of aromatic nitrogens is 1. The van der Waals surface area contributed by atoms with Crippen LogP contribution in [0.25, 0.3) is 0 Å². The minimum atomic E-state index is -0.236. The van der Waals surface area contributed by atoms with Gasteiger partial charge in [-0.25, -0.2) is 4.39 Å². The summed E-state index contributed by atoms with van der Waals surface area (Å²) in [6.07, 6.45) is 0.871. The molecule has 0 saturated heterocycles. The lowest BCUT2D eigenvalue weighted by Gasteiger charge is -2.19. The molecule has 0 spiro atoms. The van der Waals surface area contributed by atoms with Gasteiger partial charge in [-0.05, 0) is 44.5 Å². The van der Waals surface area contributed by atoms with Crippen molar-refractivity contribution in [1.82, 2.24) is 4.57 Å². The van der Waals surface area contributed by atoms with Crippen molar-refractivity contribution in [3.63, 3.8) is 0 Å². The van der Waals surface area contributed by atoms with Crippen LogP contribution in [-0.4, -0.2) is 10.9 Å². The molecule has 0 radical (unpaired) electrons. The van der Waals surface area contributed by atoms with Crippen LogP contribution in [-0.2, 0) is 0 Å². The van der Waals surface area contributed by atoms with Gasteiger partial charge in [-0.2, -0.15) is 0 Å². The highest BCUT2D eigenvalue weighted by atomic mass is 19.1. The van der Waals surface area contributed by atoms with Crippen LogP contribution in [0, 0.1) is 19.7 Å². The Morgan fingerprint density at radius 2 is 1.83 bits per heavy atom. The molecule has 0 aliphatic heterocycles. The summed E-state index contributed by atoms with van der Waals surface area (Å²) in [6, 6.07) is 8.43. The van der Waals surface area contributed by atoms with E-state index in [4.69, 9.17) is 0 Å². The first-order valence-corrected chi connectivity index (χ1v) is 5.93. The van der Waals surface area contributed by atoms with Crippen LogP contribution in [0.5, 0.6) is 0 Å². The Morgan fingerprint density at radius 1 is 1.22 bits per heavy atom. The molecule has 1 atom stereocenters. The molecular formula is C15H16FNO. The third-order valence-corrected chi connectivity index (χ3v) is 3.39. The van der Waals surface area contributed by atoms with Gasteiger partial charge in [0.1, 0.15) is 5.82 Å². The fourth-order valence-electron chi connectivity index (χ4n) is 2.41. The van der Waals surface area contributed by atoms with Gasteiger partial charge in [-0.15, -0.1) is 0 Å². The summed E-state index contributed by atoms with van der Waals surface area (Å²) in [7, 11) is 0. The number of halogens is 1. The highest BCUT2D eigenvalue weighted by Gasteiger charge is 2.15. The summed E-state index contributed by atoms with van der Waals surface area (Å²) in [6.45, 7) is 5.94. The first kappa shape index (κ1) is 12.6. The Bertz CT molecular complexity index is 569. The number of aryl methyl sites for hydroxylation is 1. The zero-order valence-electron chi connectivity index (χ0n) is 10.8. The SMILES string of the molecule is Cc1cc(C=O)c(C)n1C(C)c1ccc(F)cc1. The number of hydrogen-bond donors (Lipinski definition) is 0. The van der Waals surface area contributed by atoms with E-state index in [2.05, 4.69) is 4.57 Å². The maximum atomic E-state index is 12.9. The number of benzene rings is 1. The third kappa shape index (κ3) is 2.08. The summed E-state index contributed by atoms with van der Waals surface area (Å²) in [5, 5.41) is 0. The number of aldehydes is 1. The molecule has 1 unspecified atom stereocenters. The van der Waals surface area contributed by atoms with Crippen molar-refractivity contribution in [2.24, 2.45) is 0 Å². The van der Waals surface area contributed by atoms with Crippen LogP contribution in [0.4, 0.5) is 4.39 Å². The monoisotopic (exact) mass is 245 g/mol. The Labute approximate surface area is 106 Å². The molecule has 0 fully saturated rings. The van der Waals surface area contributed by atoms with Crippen molar-refractivity contribution in [1.29, 1.82) is 0 Å². The van der Waals surface area contributed by atoms with Gasteiger partial charge < -0.3 is 4.57 Å². The van der Waals surface area contributed by atoms with Crippen molar-refractivity contribution < 1.29 is 9.18 Å². The van der Waals surface area contributed by atoms with Crippen molar-refractivity contribution in [2.45, 2.75) is 26.8 Å². The molecule has 3 heteroatoms. The number of rotatable bonds is 3. The molecule has 1 aromatic carbocycles. The number of carbonyl (C=O) groups is 1. The van der Waals surface area contributed by atoms with Crippen LogP contribution in [0.15, 0.2) is 30.3 Å². The number of hydrogen-bond acceptors (Lipinski definition) is 1. The van der Waals surface area contributed by atoms with E-state index in [0.717, 1.165) is 23.2 Å². The third-order valence-electron chi connectivity index (χ3n) is 3.39. The van der Waals surface area contributed by atoms with E-state index in [1.54, 1.807) is 12.1 Å². The van der Waals surface area contributed by atoms with Crippen molar-refractivity contribution in [2.75, 3.05) is 0 Å². The molecule has 2 nitrogen and oxygen atoms in total. The molecule has 0 amide bonds. The summed E-state index contributed by atoms with van der Waals surface area (Å²) in [5.74, 6) is -0.236. The van der Waals surface area contributed by atoms with Crippen molar-refractivity contribution in [3.05, 3.63) is 58.7 Å². The second kappa shape index (κ2) is 4.77. The van der Waals surface area contributed by atoms with Gasteiger partial charge in [0.25, 0.3) is 0 Å². The maximum absolute atomic E-state index is 12.9. The lowest BCUT2D eigenvalue weighted by molar-refractivity contribution is 0.112. The second-order valence-electron chi connectivity index (χ2n) is 4.54. The Kier molecular flexibility index (Phi) is 3.32. The maximum Gasteiger partial charge on any atom is 0.151 e. The van der Waals surface area contributed by atoms with Crippen LogP contribution in [0.3, 0.4) is 0 Å². The summed E-state index contributed by atoms with van der Waals surface area (Å²) in [4.78, 5) is 10.9. The lowest BCUT2D eigenvalue weighted by atomic mass is 10.1. The fraction of sp³-hybridized carbons (Fsp3) is 0.267. The normalized spacial score (nSPS) is 12.4. The van der Waals surface area contributed by atoms with Crippen LogP contribution < -0.4 is 0 Å². The summed E-state index contributed by atoms with van der Waals surface area (Å²) < 4.78 is 15.0. The van der Waals surface area contributed by atoms with E-state index in [1.807, 2.05) is 26.8 Å². The molecule has 2 aromatic rings. The predicted octanol–water partition coefficient (Wildman–Crippen LogP) is 3.67. The standard InChI is InChI=1S/C15H16FNO/c1-10-8-14(9-18)12(3)17(10)11(2)13-4-6-15(16)7-5-13/h4-9,11H,1-3H3. The summed E-state index contributed by atoms with van der Waals surface area (Å²) >= 11 is 0. The van der Waals surface area contributed by atoms with E-state index in [9.17, 15) is 9.18 Å². The zero-order valence-corrected chi connectivity index (χ0v) is 10.8. The molecule has 2 rings (SSSR count). The van der Waals surface area contributed by atoms with E-state index in [0.29, 0.717) is 5.56 Å². The van der Waals surface area contributed by atoms with E-state index in [-0.39, 0.29) is 11.9 Å². The minimum Gasteiger partial charge on any atom is -0.341 e. The molecule has 0 N–H and O–H groups in total. The van der Waals surface area contributed by atoms with Gasteiger partial charge in [-0.1, -0.05) is 12.1 Å². The van der Waals surface area contributed by atoms with E-state index in [1.165, 1.54) is 12.1 Å². The molecule has 0 saturated carbocycles. The average molecular weight is 245 g/mol. The fourth-order valence-corrected chi connectivity index (χ4v) is 2.41. The van der Waals surface area contributed by atoms with Gasteiger partial charge >= 0.3 is 0 Å². The minimum absolute atomic E-state index is 0.0827. The van der Waals surface area contributed by atoms with Crippen LogP contribution >= 0.6 is 0 Å².